The highest BCUT2D eigenvalue weighted by molar-refractivity contribution is 5.94. The SMILES string of the molecule is CC(NC(=O)C1CCCN1C(=O)C(N)CCCCN)C(=O)NC(CCC(=O)O)C(=O)O. The van der Waals surface area contributed by atoms with Gasteiger partial charge in [-0.3, -0.25) is 19.2 Å². The summed E-state index contributed by atoms with van der Waals surface area (Å²) < 4.78 is 0. The molecule has 1 fully saturated rings. The van der Waals surface area contributed by atoms with E-state index >= 15 is 0 Å². The maximum Gasteiger partial charge on any atom is 0.326 e. The number of carbonyl (C=O) groups excluding carboxylic acids is 3. The quantitative estimate of drug-likeness (QED) is 0.180. The number of nitrogens with one attached hydrogen (secondary N) is 2. The number of rotatable bonds is 13. The predicted octanol–water partition coefficient (Wildman–Crippen LogP) is -1.63. The molecule has 176 valence electrons. The van der Waals surface area contributed by atoms with Crippen LogP contribution in [0.15, 0.2) is 0 Å². The first-order valence-corrected chi connectivity index (χ1v) is 10.4. The van der Waals surface area contributed by atoms with Crippen molar-refractivity contribution in [1.82, 2.24) is 15.5 Å². The van der Waals surface area contributed by atoms with Crippen molar-refractivity contribution in [2.24, 2.45) is 11.5 Å². The number of aliphatic carboxylic acids is 2. The molecule has 0 aromatic heterocycles. The van der Waals surface area contributed by atoms with Crippen LogP contribution in [0.1, 0.15) is 51.9 Å². The summed E-state index contributed by atoms with van der Waals surface area (Å²) in [6.07, 6.45) is 2.26. The van der Waals surface area contributed by atoms with Crippen LogP contribution in [0.25, 0.3) is 0 Å². The monoisotopic (exact) mass is 443 g/mol. The molecule has 8 N–H and O–H groups in total. The minimum absolute atomic E-state index is 0.288. The largest absolute Gasteiger partial charge is 0.481 e. The van der Waals surface area contributed by atoms with Gasteiger partial charge in [-0.15, -0.1) is 0 Å². The van der Waals surface area contributed by atoms with Gasteiger partial charge in [0, 0.05) is 13.0 Å². The Labute approximate surface area is 180 Å². The number of nitrogens with two attached hydrogens (primary N) is 2. The molecule has 0 aromatic carbocycles. The highest BCUT2D eigenvalue weighted by Crippen LogP contribution is 2.19. The zero-order valence-corrected chi connectivity index (χ0v) is 17.7. The molecule has 4 unspecified atom stereocenters. The van der Waals surface area contributed by atoms with E-state index < -0.39 is 54.3 Å². The second kappa shape index (κ2) is 12.8. The molecule has 4 atom stereocenters. The van der Waals surface area contributed by atoms with Crippen molar-refractivity contribution < 1.29 is 34.2 Å². The van der Waals surface area contributed by atoms with Gasteiger partial charge >= 0.3 is 11.9 Å². The van der Waals surface area contributed by atoms with E-state index in [4.69, 9.17) is 21.7 Å². The lowest BCUT2D eigenvalue weighted by Crippen LogP contribution is -2.55. The summed E-state index contributed by atoms with van der Waals surface area (Å²) in [7, 11) is 0. The van der Waals surface area contributed by atoms with Crippen molar-refractivity contribution >= 4 is 29.7 Å². The number of hydrogen-bond acceptors (Lipinski definition) is 7. The number of hydrogen-bond donors (Lipinski definition) is 6. The maximum absolute atomic E-state index is 12.7. The normalized spacial score (nSPS) is 18.7. The molecule has 12 heteroatoms. The van der Waals surface area contributed by atoms with E-state index in [0.717, 1.165) is 6.42 Å². The summed E-state index contributed by atoms with van der Waals surface area (Å²) in [5.41, 5.74) is 11.4. The lowest BCUT2D eigenvalue weighted by Gasteiger charge is -2.28. The number of likely N-dealkylation sites (tertiary alicyclic amines) is 1. The van der Waals surface area contributed by atoms with Crippen molar-refractivity contribution in [2.45, 2.75) is 76.0 Å². The van der Waals surface area contributed by atoms with E-state index in [2.05, 4.69) is 10.6 Å². The van der Waals surface area contributed by atoms with E-state index in [1.54, 1.807) is 0 Å². The molecule has 0 saturated carbocycles. The Kier molecular flexibility index (Phi) is 10.9. The molecule has 1 aliphatic rings. The summed E-state index contributed by atoms with van der Waals surface area (Å²) in [5.74, 6) is -4.18. The van der Waals surface area contributed by atoms with Crippen LogP contribution in [-0.2, 0) is 24.0 Å². The van der Waals surface area contributed by atoms with Gasteiger partial charge in [-0.25, -0.2) is 4.79 Å². The summed E-state index contributed by atoms with van der Waals surface area (Å²) in [6.45, 7) is 2.27. The molecular formula is C19H33N5O7. The van der Waals surface area contributed by atoms with Crippen LogP contribution in [0.2, 0.25) is 0 Å². The molecule has 1 heterocycles. The Morgan fingerprint density at radius 2 is 1.77 bits per heavy atom. The van der Waals surface area contributed by atoms with Crippen molar-refractivity contribution in [3.63, 3.8) is 0 Å². The number of carboxylic acids is 2. The second-order valence-corrected chi connectivity index (χ2v) is 7.64. The summed E-state index contributed by atoms with van der Waals surface area (Å²) in [6, 6.07) is -3.95. The lowest BCUT2D eigenvalue weighted by molar-refractivity contribution is -0.144. The number of amides is 3. The number of carbonyl (C=O) groups is 5. The van der Waals surface area contributed by atoms with Crippen molar-refractivity contribution in [3.05, 3.63) is 0 Å². The van der Waals surface area contributed by atoms with Crippen LogP contribution in [-0.4, -0.2) is 82.0 Å². The molecule has 31 heavy (non-hydrogen) atoms. The van der Waals surface area contributed by atoms with Gasteiger partial charge in [-0.1, -0.05) is 6.42 Å². The van der Waals surface area contributed by atoms with Gasteiger partial charge in [0.15, 0.2) is 0 Å². The Hall–Kier alpha value is -2.73. The zero-order valence-electron chi connectivity index (χ0n) is 17.7. The van der Waals surface area contributed by atoms with Crippen LogP contribution in [0.4, 0.5) is 0 Å². The number of carboxylic acid groups (broad SMARTS) is 2. The second-order valence-electron chi connectivity index (χ2n) is 7.64. The van der Waals surface area contributed by atoms with Gasteiger partial charge in [0.2, 0.25) is 17.7 Å². The van der Waals surface area contributed by atoms with Crippen molar-refractivity contribution in [2.75, 3.05) is 13.1 Å². The van der Waals surface area contributed by atoms with Crippen molar-refractivity contribution in [1.29, 1.82) is 0 Å². The Morgan fingerprint density at radius 3 is 2.35 bits per heavy atom. The fraction of sp³-hybridized carbons (Fsp3) is 0.737. The molecule has 3 amide bonds. The maximum atomic E-state index is 12.7. The van der Waals surface area contributed by atoms with Crippen LogP contribution >= 0.6 is 0 Å². The van der Waals surface area contributed by atoms with E-state index in [0.29, 0.717) is 38.8 Å². The minimum atomic E-state index is -1.39. The molecule has 12 nitrogen and oxygen atoms in total. The van der Waals surface area contributed by atoms with Crippen LogP contribution in [0, 0.1) is 0 Å². The van der Waals surface area contributed by atoms with Gasteiger partial charge in [-0.2, -0.15) is 0 Å². The average Bonchev–Trinajstić information content (AvgIpc) is 3.19. The standard InChI is InChI=1S/C19H33N5O7/c1-11(16(27)23-13(19(30)31)7-8-15(25)26)22-17(28)14-6-4-10-24(14)18(29)12(21)5-2-3-9-20/h11-14H,2-10,20-21H2,1H3,(H,22,28)(H,23,27)(H,25,26)(H,30,31). The molecule has 0 bridgehead atoms. The van der Waals surface area contributed by atoms with E-state index in [1.807, 2.05) is 0 Å². The highest BCUT2D eigenvalue weighted by Gasteiger charge is 2.37. The van der Waals surface area contributed by atoms with Gasteiger partial charge in [0.05, 0.1) is 6.04 Å². The zero-order chi connectivity index (χ0) is 23.6. The minimum Gasteiger partial charge on any atom is -0.481 e. The Balaban J connectivity index is 2.64. The molecule has 0 radical (unpaired) electrons. The first kappa shape index (κ1) is 26.3. The van der Waals surface area contributed by atoms with Gasteiger partial charge < -0.3 is 37.2 Å². The fourth-order valence-corrected chi connectivity index (χ4v) is 3.35. The predicted molar refractivity (Wildman–Crippen MR) is 110 cm³/mol. The summed E-state index contributed by atoms with van der Waals surface area (Å²) in [4.78, 5) is 60.8. The molecule has 0 aliphatic carbocycles. The van der Waals surface area contributed by atoms with E-state index in [1.165, 1.54) is 11.8 Å². The van der Waals surface area contributed by atoms with E-state index in [9.17, 15) is 24.0 Å². The van der Waals surface area contributed by atoms with E-state index in [-0.39, 0.29) is 12.3 Å². The van der Waals surface area contributed by atoms with Crippen LogP contribution in [0.3, 0.4) is 0 Å². The topological polar surface area (TPSA) is 205 Å². The third-order valence-electron chi connectivity index (χ3n) is 5.14. The Bertz CT molecular complexity index is 672. The van der Waals surface area contributed by atoms with Crippen LogP contribution in [0.5, 0.6) is 0 Å². The fourth-order valence-electron chi connectivity index (χ4n) is 3.35. The smallest absolute Gasteiger partial charge is 0.326 e. The molecule has 1 rings (SSSR count). The van der Waals surface area contributed by atoms with Gasteiger partial charge in [-0.05, 0) is 45.6 Å². The lowest BCUT2D eigenvalue weighted by atomic mass is 10.1. The number of unbranched alkanes of at least 4 members (excludes halogenated alkanes) is 1. The van der Waals surface area contributed by atoms with Gasteiger partial charge in [0.1, 0.15) is 18.1 Å². The molecule has 0 spiro atoms. The molecular weight excluding hydrogens is 410 g/mol. The molecule has 1 saturated heterocycles. The molecule has 0 aromatic rings. The summed E-state index contributed by atoms with van der Waals surface area (Å²) in [5, 5.41) is 22.5. The third kappa shape index (κ3) is 8.50. The summed E-state index contributed by atoms with van der Waals surface area (Å²) >= 11 is 0. The van der Waals surface area contributed by atoms with Crippen molar-refractivity contribution in [3.8, 4) is 0 Å². The van der Waals surface area contributed by atoms with Crippen LogP contribution < -0.4 is 22.1 Å². The first-order valence-electron chi connectivity index (χ1n) is 10.4. The first-order chi connectivity index (χ1) is 14.6. The average molecular weight is 444 g/mol. The number of nitrogens with zero attached hydrogens (tertiary/aromatic N) is 1. The third-order valence-corrected chi connectivity index (χ3v) is 5.14. The van der Waals surface area contributed by atoms with Gasteiger partial charge in [0.25, 0.3) is 0 Å². The molecule has 1 aliphatic heterocycles. The highest BCUT2D eigenvalue weighted by atomic mass is 16.4. The Morgan fingerprint density at radius 1 is 1.10 bits per heavy atom.